The van der Waals surface area contributed by atoms with Crippen LogP contribution in [0.1, 0.15) is 13.8 Å². The van der Waals surface area contributed by atoms with Crippen molar-refractivity contribution < 1.29 is 18.9 Å². The number of ether oxygens (including phenoxy) is 4. The largest absolute Gasteiger partial charge is 0.497 e. The summed E-state index contributed by atoms with van der Waals surface area (Å²) in [6.07, 6.45) is -0.272. The lowest BCUT2D eigenvalue weighted by Crippen LogP contribution is -2.26. The number of benzene rings is 1. The summed E-state index contributed by atoms with van der Waals surface area (Å²) in [7, 11) is 3.27. The molecule has 5 nitrogen and oxygen atoms in total. The minimum Gasteiger partial charge on any atom is -0.497 e. The maximum atomic E-state index is 5.48. The third kappa shape index (κ3) is 4.96. The Morgan fingerprint density at radius 2 is 1.74 bits per heavy atom. The van der Waals surface area contributed by atoms with Crippen molar-refractivity contribution in [3.63, 3.8) is 0 Å². The van der Waals surface area contributed by atoms with Crippen molar-refractivity contribution in [2.24, 2.45) is 0 Å². The predicted octanol–water partition coefficient (Wildman–Crippen LogP) is 2.51. The van der Waals surface area contributed by atoms with Gasteiger partial charge in [-0.3, -0.25) is 0 Å². The number of rotatable bonds is 9. The van der Waals surface area contributed by atoms with Gasteiger partial charge in [-0.05, 0) is 26.0 Å². The van der Waals surface area contributed by atoms with Gasteiger partial charge in [-0.15, -0.1) is 0 Å². The Morgan fingerprint density at radius 3 is 2.26 bits per heavy atom. The third-order valence-corrected chi connectivity index (χ3v) is 2.57. The summed E-state index contributed by atoms with van der Waals surface area (Å²) in [4.78, 5) is 0. The summed E-state index contributed by atoms with van der Waals surface area (Å²) < 4.78 is 21.5. The zero-order valence-corrected chi connectivity index (χ0v) is 12.1. The Kier molecular flexibility index (Phi) is 7.07. The van der Waals surface area contributed by atoms with Crippen LogP contribution in [0.25, 0.3) is 0 Å². The Labute approximate surface area is 114 Å². The van der Waals surface area contributed by atoms with Crippen LogP contribution in [0.5, 0.6) is 11.5 Å². The van der Waals surface area contributed by atoms with Gasteiger partial charge in [0.2, 0.25) is 0 Å². The van der Waals surface area contributed by atoms with E-state index in [1.165, 1.54) is 0 Å². The van der Waals surface area contributed by atoms with Gasteiger partial charge in [0.25, 0.3) is 0 Å². The van der Waals surface area contributed by atoms with Gasteiger partial charge < -0.3 is 24.3 Å². The highest BCUT2D eigenvalue weighted by molar-refractivity contribution is 5.59. The minimum absolute atomic E-state index is 0.272. The van der Waals surface area contributed by atoms with Crippen molar-refractivity contribution in [2.75, 3.05) is 39.3 Å². The van der Waals surface area contributed by atoms with Gasteiger partial charge in [0.15, 0.2) is 6.29 Å². The smallest absolute Gasteiger partial charge is 0.174 e. The van der Waals surface area contributed by atoms with E-state index in [4.69, 9.17) is 18.9 Å². The van der Waals surface area contributed by atoms with Crippen molar-refractivity contribution in [3.05, 3.63) is 18.2 Å². The zero-order chi connectivity index (χ0) is 14.1. The van der Waals surface area contributed by atoms with Gasteiger partial charge >= 0.3 is 0 Å². The maximum Gasteiger partial charge on any atom is 0.174 e. The average Bonchev–Trinajstić information content (AvgIpc) is 2.44. The molecule has 0 saturated heterocycles. The topological polar surface area (TPSA) is 49.0 Å². The maximum absolute atomic E-state index is 5.48. The molecule has 0 aliphatic heterocycles. The van der Waals surface area contributed by atoms with Gasteiger partial charge in [-0.2, -0.15) is 0 Å². The van der Waals surface area contributed by atoms with Crippen LogP contribution < -0.4 is 14.8 Å². The first-order valence-electron chi connectivity index (χ1n) is 6.44. The second-order valence-corrected chi connectivity index (χ2v) is 3.79. The van der Waals surface area contributed by atoms with Gasteiger partial charge in [0, 0.05) is 19.3 Å². The fraction of sp³-hybridized carbons (Fsp3) is 0.571. The third-order valence-electron chi connectivity index (χ3n) is 2.57. The molecule has 0 heterocycles. The van der Waals surface area contributed by atoms with E-state index in [9.17, 15) is 0 Å². The molecule has 0 saturated carbocycles. The van der Waals surface area contributed by atoms with Crippen LogP contribution in [0.3, 0.4) is 0 Å². The quantitative estimate of drug-likeness (QED) is 0.698. The Bertz CT molecular complexity index is 364. The van der Waals surface area contributed by atoms with Gasteiger partial charge in [0.1, 0.15) is 11.5 Å². The molecule has 0 fully saturated rings. The molecular formula is C14H23NO4. The summed E-state index contributed by atoms with van der Waals surface area (Å²) in [5.41, 5.74) is 0.853. The molecule has 19 heavy (non-hydrogen) atoms. The predicted molar refractivity (Wildman–Crippen MR) is 75.1 cm³/mol. The Hall–Kier alpha value is -1.46. The molecule has 0 spiro atoms. The molecule has 0 aliphatic rings. The molecule has 1 aromatic rings. The van der Waals surface area contributed by atoms with E-state index in [0.717, 1.165) is 17.2 Å². The lowest BCUT2D eigenvalue weighted by Gasteiger charge is -2.19. The fourth-order valence-electron chi connectivity index (χ4n) is 1.68. The highest BCUT2D eigenvalue weighted by Crippen LogP contribution is 2.28. The average molecular weight is 269 g/mol. The van der Waals surface area contributed by atoms with E-state index < -0.39 is 0 Å². The van der Waals surface area contributed by atoms with Crippen LogP contribution in [-0.2, 0) is 9.47 Å². The number of hydrogen-bond donors (Lipinski definition) is 1. The van der Waals surface area contributed by atoms with Crippen molar-refractivity contribution >= 4 is 5.69 Å². The molecule has 0 amide bonds. The lowest BCUT2D eigenvalue weighted by atomic mass is 10.2. The summed E-state index contributed by atoms with van der Waals surface area (Å²) in [6, 6.07) is 5.60. The molecule has 0 radical (unpaired) electrons. The van der Waals surface area contributed by atoms with Gasteiger partial charge in [0.05, 0.1) is 26.5 Å². The number of hydrogen-bond acceptors (Lipinski definition) is 5. The number of anilines is 1. The fourth-order valence-corrected chi connectivity index (χ4v) is 1.68. The Morgan fingerprint density at radius 1 is 1.05 bits per heavy atom. The van der Waals surface area contributed by atoms with Crippen molar-refractivity contribution in [3.8, 4) is 11.5 Å². The Balaban J connectivity index is 2.68. The molecule has 1 rings (SSSR count). The normalized spacial score (nSPS) is 10.6. The summed E-state index contributed by atoms with van der Waals surface area (Å²) in [6.45, 7) is 5.66. The highest BCUT2D eigenvalue weighted by Gasteiger charge is 2.10. The molecule has 0 unspecified atom stereocenters. The minimum atomic E-state index is -0.272. The van der Waals surface area contributed by atoms with Crippen molar-refractivity contribution in [1.82, 2.24) is 0 Å². The molecule has 0 aliphatic carbocycles. The van der Waals surface area contributed by atoms with E-state index in [0.29, 0.717) is 19.8 Å². The van der Waals surface area contributed by atoms with Gasteiger partial charge in [-0.1, -0.05) is 0 Å². The first-order valence-corrected chi connectivity index (χ1v) is 6.44. The SMILES string of the molecule is CCOC(CNc1cc(OC)ccc1OC)OCC. The molecule has 108 valence electrons. The molecule has 0 aromatic heterocycles. The summed E-state index contributed by atoms with van der Waals surface area (Å²) >= 11 is 0. The standard InChI is InChI=1S/C14H23NO4/c1-5-18-14(19-6-2)10-15-12-9-11(16-3)7-8-13(12)17-4/h7-9,14-15H,5-6,10H2,1-4H3. The van der Waals surface area contributed by atoms with E-state index in [1.54, 1.807) is 14.2 Å². The first kappa shape index (κ1) is 15.6. The number of nitrogens with one attached hydrogen (secondary N) is 1. The van der Waals surface area contributed by atoms with Crippen LogP contribution in [0.4, 0.5) is 5.69 Å². The van der Waals surface area contributed by atoms with E-state index >= 15 is 0 Å². The van der Waals surface area contributed by atoms with Crippen molar-refractivity contribution in [1.29, 1.82) is 0 Å². The molecular weight excluding hydrogens is 246 g/mol. The van der Waals surface area contributed by atoms with Crippen LogP contribution in [0.15, 0.2) is 18.2 Å². The lowest BCUT2D eigenvalue weighted by molar-refractivity contribution is -0.126. The molecule has 0 bridgehead atoms. The number of methoxy groups -OCH3 is 2. The van der Waals surface area contributed by atoms with E-state index in [-0.39, 0.29) is 6.29 Å². The van der Waals surface area contributed by atoms with Crippen LogP contribution in [-0.4, -0.2) is 40.3 Å². The molecule has 0 atom stereocenters. The van der Waals surface area contributed by atoms with Crippen LogP contribution >= 0.6 is 0 Å². The first-order chi connectivity index (χ1) is 9.24. The van der Waals surface area contributed by atoms with Crippen LogP contribution in [0, 0.1) is 0 Å². The zero-order valence-electron chi connectivity index (χ0n) is 12.1. The molecule has 1 aromatic carbocycles. The van der Waals surface area contributed by atoms with E-state index in [1.807, 2.05) is 32.0 Å². The monoisotopic (exact) mass is 269 g/mol. The summed E-state index contributed by atoms with van der Waals surface area (Å²) in [5, 5.41) is 3.25. The highest BCUT2D eigenvalue weighted by atomic mass is 16.7. The van der Waals surface area contributed by atoms with Gasteiger partial charge in [-0.25, -0.2) is 0 Å². The van der Waals surface area contributed by atoms with E-state index in [2.05, 4.69) is 5.32 Å². The second-order valence-electron chi connectivity index (χ2n) is 3.79. The summed E-state index contributed by atoms with van der Waals surface area (Å²) in [5.74, 6) is 1.53. The van der Waals surface area contributed by atoms with Crippen LogP contribution in [0.2, 0.25) is 0 Å². The second kappa shape index (κ2) is 8.61. The molecule has 5 heteroatoms. The molecule has 1 N–H and O–H groups in total. The van der Waals surface area contributed by atoms with Crippen molar-refractivity contribution in [2.45, 2.75) is 20.1 Å².